The molecule has 0 bridgehead atoms. The lowest BCUT2D eigenvalue weighted by Gasteiger charge is -2.11. The Morgan fingerprint density at radius 2 is 1.81 bits per heavy atom. The molecule has 2 aromatic carbocycles. The third kappa shape index (κ3) is 4.99. The molecule has 0 atom stereocenters. The number of halogens is 1. The molecule has 3 nitrogen and oxygen atoms in total. The minimum Gasteiger partial charge on any atom is -0.494 e. The van der Waals surface area contributed by atoms with Gasteiger partial charge in [-0.15, -0.1) is 0 Å². The molecule has 0 aromatic heterocycles. The van der Waals surface area contributed by atoms with Crippen LogP contribution in [0.25, 0.3) is 0 Å². The molecule has 4 heteroatoms. The molecule has 0 unspecified atom stereocenters. The van der Waals surface area contributed by atoms with Gasteiger partial charge in [0, 0.05) is 24.8 Å². The molecule has 0 heterocycles. The van der Waals surface area contributed by atoms with Gasteiger partial charge in [-0.3, -0.25) is 0 Å². The Morgan fingerprint density at radius 1 is 1.00 bits per heavy atom. The topological polar surface area (TPSA) is 33.3 Å². The van der Waals surface area contributed by atoms with Crippen molar-refractivity contribution >= 4 is 11.4 Å². The van der Waals surface area contributed by atoms with Crippen molar-refractivity contribution in [2.45, 2.75) is 13.3 Å². The summed E-state index contributed by atoms with van der Waals surface area (Å²) in [5.41, 5.74) is 1.53. The van der Waals surface area contributed by atoms with Crippen molar-refractivity contribution in [1.82, 2.24) is 0 Å². The monoisotopic (exact) mass is 288 g/mol. The summed E-state index contributed by atoms with van der Waals surface area (Å²) in [6, 6.07) is 14.5. The Bertz CT molecular complexity index is 560. The van der Waals surface area contributed by atoms with E-state index >= 15 is 0 Å². The summed E-state index contributed by atoms with van der Waals surface area (Å²) in [6.07, 6.45) is 0.990. The Hall–Kier alpha value is -2.23. The first-order valence-electron chi connectivity index (χ1n) is 7.24. The lowest BCUT2D eigenvalue weighted by Crippen LogP contribution is -2.14. The highest BCUT2D eigenvalue weighted by atomic mass is 19.1. The highest BCUT2D eigenvalue weighted by Gasteiger charge is 1.99. The number of anilines is 2. The Morgan fingerprint density at radius 3 is 2.62 bits per heavy atom. The molecule has 0 saturated heterocycles. The van der Waals surface area contributed by atoms with Crippen LogP contribution in [-0.2, 0) is 0 Å². The highest BCUT2D eigenvalue weighted by Crippen LogP contribution is 2.17. The molecule has 2 rings (SSSR count). The van der Waals surface area contributed by atoms with Crippen LogP contribution in [0.2, 0.25) is 0 Å². The van der Waals surface area contributed by atoms with Crippen molar-refractivity contribution in [3.05, 3.63) is 54.3 Å². The molecule has 0 amide bonds. The lowest BCUT2D eigenvalue weighted by atomic mass is 10.3. The first-order chi connectivity index (χ1) is 10.3. The fourth-order valence-corrected chi connectivity index (χ4v) is 1.92. The third-order valence-electron chi connectivity index (χ3n) is 2.95. The van der Waals surface area contributed by atoms with E-state index in [9.17, 15) is 4.39 Å². The molecule has 0 aliphatic carbocycles. The third-order valence-corrected chi connectivity index (χ3v) is 2.95. The van der Waals surface area contributed by atoms with E-state index in [-0.39, 0.29) is 5.82 Å². The average Bonchev–Trinajstić information content (AvgIpc) is 2.51. The number of ether oxygens (including phenoxy) is 1. The molecular weight excluding hydrogens is 267 g/mol. The average molecular weight is 288 g/mol. The maximum Gasteiger partial charge on any atom is 0.146 e. The second-order valence-electron chi connectivity index (χ2n) is 4.71. The Kier molecular flexibility index (Phi) is 5.88. The quantitative estimate of drug-likeness (QED) is 0.716. The van der Waals surface area contributed by atoms with Crippen LogP contribution in [0.5, 0.6) is 5.75 Å². The van der Waals surface area contributed by atoms with E-state index in [0.717, 1.165) is 24.5 Å². The van der Waals surface area contributed by atoms with Gasteiger partial charge in [-0.05, 0) is 30.7 Å². The normalized spacial score (nSPS) is 10.2. The second kappa shape index (κ2) is 8.15. The molecular formula is C17H21FN2O. The number of hydrogen-bond donors (Lipinski definition) is 2. The minimum absolute atomic E-state index is 0.229. The molecule has 0 radical (unpaired) electrons. The van der Waals surface area contributed by atoms with Crippen LogP contribution in [0.15, 0.2) is 48.5 Å². The predicted molar refractivity (Wildman–Crippen MR) is 85.6 cm³/mol. The molecule has 112 valence electrons. The van der Waals surface area contributed by atoms with Crippen molar-refractivity contribution in [2.24, 2.45) is 0 Å². The van der Waals surface area contributed by atoms with Crippen molar-refractivity contribution < 1.29 is 9.13 Å². The summed E-state index contributed by atoms with van der Waals surface area (Å²) in [7, 11) is 0. The number of benzene rings is 2. The fourth-order valence-electron chi connectivity index (χ4n) is 1.92. The van der Waals surface area contributed by atoms with Crippen LogP contribution >= 0.6 is 0 Å². The van der Waals surface area contributed by atoms with Gasteiger partial charge in [0.05, 0.1) is 12.3 Å². The van der Waals surface area contributed by atoms with Gasteiger partial charge in [-0.25, -0.2) is 4.39 Å². The maximum absolute atomic E-state index is 13.4. The van der Waals surface area contributed by atoms with Crippen LogP contribution < -0.4 is 15.4 Å². The van der Waals surface area contributed by atoms with E-state index in [1.54, 1.807) is 12.1 Å². The Labute approximate surface area is 125 Å². The maximum atomic E-state index is 13.4. The second-order valence-corrected chi connectivity index (χ2v) is 4.71. The van der Waals surface area contributed by atoms with E-state index in [0.29, 0.717) is 18.8 Å². The van der Waals surface area contributed by atoms with E-state index in [2.05, 4.69) is 17.6 Å². The van der Waals surface area contributed by atoms with Gasteiger partial charge in [0.2, 0.25) is 0 Å². The van der Waals surface area contributed by atoms with E-state index in [4.69, 9.17) is 4.74 Å². The molecule has 0 aliphatic rings. The van der Waals surface area contributed by atoms with Crippen LogP contribution in [0, 0.1) is 5.82 Å². The molecule has 2 aromatic rings. The first-order valence-corrected chi connectivity index (χ1v) is 7.24. The molecule has 0 spiro atoms. The number of rotatable bonds is 8. The Balaban J connectivity index is 1.77. The standard InChI is InChI=1S/C17H21FN2O/c1-2-12-21-15-7-5-6-14(13-15)19-10-11-20-17-9-4-3-8-16(17)18/h3-9,13,19-20H,2,10-12H2,1H3. The van der Waals surface area contributed by atoms with Gasteiger partial charge in [0.15, 0.2) is 0 Å². The predicted octanol–water partition coefficient (Wildman–Crippen LogP) is 4.14. The number of hydrogen-bond acceptors (Lipinski definition) is 3. The van der Waals surface area contributed by atoms with Crippen molar-refractivity contribution in [2.75, 3.05) is 30.3 Å². The van der Waals surface area contributed by atoms with E-state index in [1.165, 1.54) is 6.07 Å². The number of nitrogens with one attached hydrogen (secondary N) is 2. The SMILES string of the molecule is CCCOc1cccc(NCCNc2ccccc2F)c1. The van der Waals surface area contributed by atoms with E-state index in [1.807, 2.05) is 30.3 Å². The van der Waals surface area contributed by atoms with Crippen LogP contribution in [-0.4, -0.2) is 19.7 Å². The van der Waals surface area contributed by atoms with Gasteiger partial charge in [-0.2, -0.15) is 0 Å². The van der Waals surface area contributed by atoms with Gasteiger partial charge in [-0.1, -0.05) is 25.1 Å². The van der Waals surface area contributed by atoms with Gasteiger partial charge < -0.3 is 15.4 Å². The summed E-state index contributed by atoms with van der Waals surface area (Å²) in [5.74, 6) is 0.636. The largest absolute Gasteiger partial charge is 0.494 e. The molecule has 0 aliphatic heterocycles. The molecule has 21 heavy (non-hydrogen) atoms. The summed E-state index contributed by atoms with van der Waals surface area (Å²) in [4.78, 5) is 0. The van der Waals surface area contributed by atoms with Gasteiger partial charge in [0.1, 0.15) is 11.6 Å². The highest BCUT2D eigenvalue weighted by molar-refractivity contribution is 5.49. The number of para-hydroxylation sites is 1. The zero-order valence-corrected chi connectivity index (χ0v) is 12.2. The molecule has 0 fully saturated rings. The summed E-state index contributed by atoms with van der Waals surface area (Å²) in [6.45, 7) is 4.14. The smallest absolute Gasteiger partial charge is 0.146 e. The zero-order valence-electron chi connectivity index (χ0n) is 12.2. The zero-order chi connectivity index (χ0) is 14.9. The fraction of sp³-hybridized carbons (Fsp3) is 0.294. The van der Waals surface area contributed by atoms with Gasteiger partial charge in [0.25, 0.3) is 0 Å². The van der Waals surface area contributed by atoms with Crippen LogP contribution in [0.1, 0.15) is 13.3 Å². The lowest BCUT2D eigenvalue weighted by molar-refractivity contribution is 0.317. The van der Waals surface area contributed by atoms with Crippen molar-refractivity contribution in [3.8, 4) is 5.75 Å². The van der Waals surface area contributed by atoms with Crippen molar-refractivity contribution in [1.29, 1.82) is 0 Å². The minimum atomic E-state index is -0.229. The molecule has 0 saturated carbocycles. The van der Waals surface area contributed by atoms with Crippen LogP contribution in [0.3, 0.4) is 0 Å². The first kappa shape index (κ1) is 15.2. The van der Waals surface area contributed by atoms with E-state index < -0.39 is 0 Å². The summed E-state index contributed by atoms with van der Waals surface area (Å²) >= 11 is 0. The summed E-state index contributed by atoms with van der Waals surface area (Å²) in [5, 5.41) is 6.35. The van der Waals surface area contributed by atoms with Crippen molar-refractivity contribution in [3.63, 3.8) is 0 Å². The summed E-state index contributed by atoms with van der Waals surface area (Å²) < 4.78 is 19.0. The van der Waals surface area contributed by atoms with Gasteiger partial charge >= 0.3 is 0 Å². The van der Waals surface area contributed by atoms with Crippen LogP contribution in [0.4, 0.5) is 15.8 Å². The molecule has 2 N–H and O–H groups in total.